The summed E-state index contributed by atoms with van der Waals surface area (Å²) in [5.74, 6) is 1.38. The van der Waals surface area contributed by atoms with Crippen LogP contribution in [0.1, 0.15) is 11.3 Å². The van der Waals surface area contributed by atoms with Crippen molar-refractivity contribution in [3.05, 3.63) is 64.8 Å². The van der Waals surface area contributed by atoms with E-state index < -0.39 is 0 Å². The van der Waals surface area contributed by atoms with Gasteiger partial charge in [-0.25, -0.2) is 9.67 Å². The van der Waals surface area contributed by atoms with Gasteiger partial charge in [0.15, 0.2) is 5.65 Å². The van der Waals surface area contributed by atoms with E-state index in [0.29, 0.717) is 23.1 Å². The van der Waals surface area contributed by atoms with Gasteiger partial charge < -0.3 is 14.8 Å². The zero-order valence-corrected chi connectivity index (χ0v) is 15.6. The summed E-state index contributed by atoms with van der Waals surface area (Å²) >= 11 is 6.09. The highest BCUT2D eigenvalue weighted by Crippen LogP contribution is 2.30. The number of ether oxygens (including phenoxy) is 1. The summed E-state index contributed by atoms with van der Waals surface area (Å²) in [6.07, 6.45) is 0. The second-order valence-electron chi connectivity index (χ2n) is 6.23. The highest BCUT2D eigenvalue weighted by Gasteiger charge is 2.16. The molecule has 0 atom stereocenters. The number of aliphatic hydroxyl groups is 1. The third kappa shape index (κ3) is 3.54. The fraction of sp³-hybridized carbons (Fsp3) is 0.200. The third-order valence-corrected chi connectivity index (χ3v) is 4.51. The van der Waals surface area contributed by atoms with E-state index in [1.54, 1.807) is 0 Å². The first kappa shape index (κ1) is 17.6. The predicted molar refractivity (Wildman–Crippen MR) is 105 cm³/mol. The molecule has 27 heavy (non-hydrogen) atoms. The van der Waals surface area contributed by atoms with Crippen LogP contribution < -0.4 is 4.74 Å². The van der Waals surface area contributed by atoms with Crippen LogP contribution in [0.4, 0.5) is 0 Å². The summed E-state index contributed by atoms with van der Waals surface area (Å²) in [6, 6.07) is 15.3. The van der Waals surface area contributed by atoms with Gasteiger partial charge in [-0.15, -0.1) is 0 Å². The first-order valence-corrected chi connectivity index (χ1v) is 9.04. The first-order valence-electron chi connectivity index (χ1n) is 8.66. The maximum Gasteiger partial charge on any atom is 0.177 e. The molecule has 0 fully saturated rings. The SMILES string of the molecule is Cc1nn(Cc2cccc(Cl)c2)c2nc(-c3ccccc3OCCO)[nH]c12. The number of imidazole rings is 1. The lowest BCUT2D eigenvalue weighted by Gasteiger charge is -2.08. The Labute approximate surface area is 161 Å². The van der Waals surface area contributed by atoms with Crippen molar-refractivity contribution in [1.82, 2.24) is 19.7 Å². The van der Waals surface area contributed by atoms with Gasteiger partial charge in [-0.2, -0.15) is 5.10 Å². The number of rotatable bonds is 6. The summed E-state index contributed by atoms with van der Waals surface area (Å²) in [6.45, 7) is 2.73. The summed E-state index contributed by atoms with van der Waals surface area (Å²) in [7, 11) is 0. The molecule has 2 N–H and O–H groups in total. The predicted octanol–water partition coefficient (Wildman–Crippen LogP) is 3.81. The highest BCUT2D eigenvalue weighted by atomic mass is 35.5. The number of aryl methyl sites for hydroxylation is 1. The Kier molecular flexibility index (Phi) is 4.83. The monoisotopic (exact) mass is 382 g/mol. The summed E-state index contributed by atoms with van der Waals surface area (Å²) in [4.78, 5) is 8.11. The molecule has 2 heterocycles. The van der Waals surface area contributed by atoms with E-state index in [2.05, 4.69) is 10.1 Å². The Morgan fingerprint density at radius 2 is 2.04 bits per heavy atom. The van der Waals surface area contributed by atoms with Gasteiger partial charge >= 0.3 is 0 Å². The summed E-state index contributed by atoms with van der Waals surface area (Å²) in [5.41, 5.74) is 4.45. The van der Waals surface area contributed by atoms with Gasteiger partial charge in [0.25, 0.3) is 0 Å². The minimum atomic E-state index is -0.0395. The Bertz CT molecular complexity index is 1090. The van der Waals surface area contributed by atoms with E-state index in [4.69, 9.17) is 26.4 Å². The molecule has 2 aromatic heterocycles. The minimum Gasteiger partial charge on any atom is -0.490 e. The second-order valence-corrected chi connectivity index (χ2v) is 6.66. The Balaban J connectivity index is 1.73. The Morgan fingerprint density at radius 3 is 2.85 bits per heavy atom. The molecule has 4 rings (SSSR count). The molecule has 0 aliphatic carbocycles. The summed E-state index contributed by atoms with van der Waals surface area (Å²) < 4.78 is 7.50. The molecule has 6 nitrogen and oxygen atoms in total. The number of hydrogen-bond acceptors (Lipinski definition) is 4. The molecule has 0 bridgehead atoms. The van der Waals surface area contributed by atoms with Crippen molar-refractivity contribution in [3.8, 4) is 17.1 Å². The lowest BCUT2D eigenvalue weighted by molar-refractivity contribution is 0.202. The van der Waals surface area contributed by atoms with Crippen LogP contribution in [0.2, 0.25) is 5.02 Å². The van der Waals surface area contributed by atoms with Crippen LogP contribution in [0.5, 0.6) is 5.75 Å². The van der Waals surface area contributed by atoms with Crippen molar-refractivity contribution in [1.29, 1.82) is 0 Å². The Morgan fingerprint density at radius 1 is 1.19 bits per heavy atom. The Hall–Kier alpha value is -2.83. The fourth-order valence-corrected chi connectivity index (χ4v) is 3.28. The number of fused-ring (bicyclic) bond motifs is 1. The van der Waals surface area contributed by atoms with E-state index in [1.807, 2.05) is 60.1 Å². The van der Waals surface area contributed by atoms with E-state index in [0.717, 1.165) is 28.0 Å². The number of nitrogens with one attached hydrogen (secondary N) is 1. The van der Waals surface area contributed by atoms with E-state index in [1.165, 1.54) is 0 Å². The van der Waals surface area contributed by atoms with Gasteiger partial charge in [-0.05, 0) is 36.8 Å². The molecule has 4 aromatic rings. The van der Waals surface area contributed by atoms with Crippen LogP contribution in [0.25, 0.3) is 22.6 Å². The van der Waals surface area contributed by atoms with Crippen molar-refractivity contribution >= 4 is 22.8 Å². The number of aromatic nitrogens is 4. The number of halogens is 1. The van der Waals surface area contributed by atoms with Crippen LogP contribution in [0, 0.1) is 6.92 Å². The molecule has 2 aromatic carbocycles. The minimum absolute atomic E-state index is 0.0395. The lowest BCUT2D eigenvalue weighted by Crippen LogP contribution is -2.03. The molecular formula is C20H19ClN4O2. The molecule has 0 aliphatic heterocycles. The van der Waals surface area contributed by atoms with Crippen LogP contribution >= 0.6 is 11.6 Å². The van der Waals surface area contributed by atoms with Crippen molar-refractivity contribution in [3.63, 3.8) is 0 Å². The first-order chi connectivity index (χ1) is 13.2. The number of H-pyrrole nitrogens is 1. The lowest BCUT2D eigenvalue weighted by atomic mass is 10.2. The fourth-order valence-electron chi connectivity index (χ4n) is 3.07. The van der Waals surface area contributed by atoms with Gasteiger partial charge in [0.1, 0.15) is 23.7 Å². The quantitative estimate of drug-likeness (QED) is 0.531. The molecule has 138 valence electrons. The number of aromatic amines is 1. The zero-order valence-electron chi connectivity index (χ0n) is 14.8. The van der Waals surface area contributed by atoms with Crippen molar-refractivity contribution in [2.45, 2.75) is 13.5 Å². The van der Waals surface area contributed by atoms with Crippen LogP contribution in [0.15, 0.2) is 48.5 Å². The molecule has 0 spiro atoms. The number of aliphatic hydroxyl groups excluding tert-OH is 1. The van der Waals surface area contributed by atoms with Gasteiger partial charge in [-0.3, -0.25) is 0 Å². The van der Waals surface area contributed by atoms with Crippen molar-refractivity contribution < 1.29 is 9.84 Å². The molecule has 0 radical (unpaired) electrons. The van der Waals surface area contributed by atoms with E-state index in [-0.39, 0.29) is 13.2 Å². The average Bonchev–Trinajstić information content (AvgIpc) is 3.22. The number of nitrogens with zero attached hydrogens (tertiary/aromatic N) is 3. The normalized spacial score (nSPS) is 11.2. The van der Waals surface area contributed by atoms with Crippen LogP contribution in [0.3, 0.4) is 0 Å². The molecule has 0 amide bonds. The standard InChI is InChI=1S/C20H19ClN4O2/c1-13-18-20(25(24-13)12-14-5-4-6-15(21)11-14)23-19(22-18)16-7-2-3-8-17(16)27-10-9-26/h2-8,11,26H,9-10,12H2,1H3,(H,22,23). The smallest absolute Gasteiger partial charge is 0.177 e. The molecule has 0 aliphatic rings. The number of hydrogen-bond donors (Lipinski definition) is 2. The van der Waals surface area contributed by atoms with Gasteiger partial charge in [0, 0.05) is 5.02 Å². The zero-order chi connectivity index (χ0) is 18.8. The highest BCUT2D eigenvalue weighted by molar-refractivity contribution is 6.30. The molecular weight excluding hydrogens is 364 g/mol. The summed E-state index contributed by atoms with van der Waals surface area (Å²) in [5, 5.41) is 14.3. The maximum atomic E-state index is 9.03. The molecule has 0 saturated heterocycles. The third-order valence-electron chi connectivity index (χ3n) is 4.27. The average molecular weight is 383 g/mol. The maximum absolute atomic E-state index is 9.03. The largest absolute Gasteiger partial charge is 0.490 e. The molecule has 7 heteroatoms. The number of benzene rings is 2. The van der Waals surface area contributed by atoms with Crippen LogP contribution in [-0.4, -0.2) is 38.1 Å². The van der Waals surface area contributed by atoms with Gasteiger partial charge in [-0.1, -0.05) is 35.9 Å². The van der Waals surface area contributed by atoms with E-state index >= 15 is 0 Å². The molecule has 0 unspecified atom stereocenters. The topological polar surface area (TPSA) is 76.0 Å². The van der Waals surface area contributed by atoms with Gasteiger partial charge in [0.05, 0.1) is 24.4 Å². The van der Waals surface area contributed by atoms with Crippen molar-refractivity contribution in [2.75, 3.05) is 13.2 Å². The number of para-hydroxylation sites is 1. The van der Waals surface area contributed by atoms with Crippen molar-refractivity contribution in [2.24, 2.45) is 0 Å². The van der Waals surface area contributed by atoms with E-state index in [9.17, 15) is 0 Å². The molecule has 0 saturated carbocycles. The van der Waals surface area contributed by atoms with Gasteiger partial charge in [0.2, 0.25) is 0 Å². The van der Waals surface area contributed by atoms with Crippen LogP contribution in [-0.2, 0) is 6.54 Å². The second kappa shape index (κ2) is 7.42.